The average molecular weight is 535 g/mol. The van der Waals surface area contributed by atoms with Crippen LogP contribution in [-0.4, -0.2) is 94.7 Å². The summed E-state index contributed by atoms with van der Waals surface area (Å²) in [6.07, 6.45) is -3.23. The number of hydrogen-bond acceptors (Lipinski definition) is 12. The van der Waals surface area contributed by atoms with Crippen LogP contribution in [0.25, 0.3) is 0 Å². The van der Waals surface area contributed by atoms with Gasteiger partial charge < -0.3 is 49.7 Å². The van der Waals surface area contributed by atoms with E-state index in [2.05, 4.69) is 37.3 Å². The summed E-state index contributed by atoms with van der Waals surface area (Å²) in [6, 6.07) is 0. The van der Waals surface area contributed by atoms with Crippen LogP contribution < -0.4 is 21.3 Å². The molecule has 0 bridgehead atoms. The van der Waals surface area contributed by atoms with Crippen molar-refractivity contribution in [2.75, 3.05) is 46.4 Å². The first-order chi connectivity index (χ1) is 17.4. The molecule has 0 aliphatic heterocycles. The second-order valence-corrected chi connectivity index (χ2v) is 7.37. The van der Waals surface area contributed by atoms with E-state index in [-0.39, 0.29) is 44.8 Å². The van der Waals surface area contributed by atoms with E-state index in [1.54, 1.807) is 6.92 Å². The molecule has 0 saturated heterocycles. The highest BCUT2D eigenvalue weighted by Crippen LogP contribution is 1.96. The van der Waals surface area contributed by atoms with Crippen molar-refractivity contribution in [3.8, 4) is 0 Å². The lowest BCUT2D eigenvalue weighted by atomic mass is 10.4. The largest absolute Gasteiger partial charge is 0.459 e. The van der Waals surface area contributed by atoms with Crippen LogP contribution in [0, 0.1) is 0 Å². The maximum Gasteiger partial charge on any atom is 0.409 e. The van der Waals surface area contributed by atoms with Gasteiger partial charge in [-0.3, -0.25) is 4.79 Å². The molecule has 0 aromatic heterocycles. The highest BCUT2D eigenvalue weighted by molar-refractivity contribution is 5.87. The van der Waals surface area contributed by atoms with Gasteiger partial charge in [0.15, 0.2) is 13.2 Å². The summed E-state index contributed by atoms with van der Waals surface area (Å²) in [5.74, 6) is -2.40. The Morgan fingerprint density at radius 2 is 1.30 bits per heavy atom. The van der Waals surface area contributed by atoms with Crippen molar-refractivity contribution in [3.63, 3.8) is 0 Å². The fraction of sp³-hybridized carbons (Fsp3) is 0.619. The van der Waals surface area contributed by atoms with E-state index in [0.29, 0.717) is 0 Å². The first kappa shape index (κ1) is 32.9. The molecule has 0 radical (unpaired) electrons. The summed E-state index contributed by atoms with van der Waals surface area (Å²) in [7, 11) is 0. The van der Waals surface area contributed by atoms with E-state index >= 15 is 0 Å². The van der Waals surface area contributed by atoms with Crippen LogP contribution >= 0.6 is 0 Å². The number of nitrogens with one attached hydrogen (secondary N) is 4. The summed E-state index contributed by atoms with van der Waals surface area (Å²) in [5, 5.41) is 8.81. The van der Waals surface area contributed by atoms with Crippen molar-refractivity contribution < 1.29 is 57.2 Å². The van der Waals surface area contributed by atoms with Gasteiger partial charge in [-0.1, -0.05) is 6.58 Å². The Labute approximate surface area is 213 Å². The Kier molecular flexibility index (Phi) is 17.0. The minimum Gasteiger partial charge on any atom is -0.459 e. The normalized spacial score (nSPS) is 10.8. The maximum atomic E-state index is 11.6. The molecule has 0 aromatic carbocycles. The van der Waals surface area contributed by atoms with Gasteiger partial charge in [-0.25, -0.2) is 24.0 Å². The molecular weight excluding hydrogens is 500 g/mol. The predicted molar refractivity (Wildman–Crippen MR) is 124 cm³/mol. The molecule has 0 fully saturated rings. The molecule has 0 heterocycles. The lowest BCUT2D eigenvalue weighted by Gasteiger charge is -2.15. The molecule has 37 heavy (non-hydrogen) atoms. The first-order valence-electron chi connectivity index (χ1n) is 11.0. The molecule has 0 aliphatic carbocycles. The molecule has 4 N–H and O–H groups in total. The standard InChI is InChI=1S/C21H34N4O12/c1-13(2)18(28)32-6-7-33-19(29)23-11-22-16(26)9-35-17(27)10-36-20(30)24-12-25-21(31)37-15(5)8-34-14(3)4/h14-15H,1,6-12H2,2-5H3,(H,22,26)(H,23,29)(H,24,30)(H,25,31). The van der Waals surface area contributed by atoms with Crippen LogP contribution in [0.4, 0.5) is 14.4 Å². The molecule has 1 atom stereocenters. The quantitative estimate of drug-likeness (QED) is 0.0660. The molecule has 4 amide bonds. The Bertz CT molecular complexity index is 802. The predicted octanol–water partition coefficient (Wildman–Crippen LogP) is -0.328. The lowest BCUT2D eigenvalue weighted by molar-refractivity contribution is -0.151. The highest BCUT2D eigenvalue weighted by atomic mass is 16.6. The average Bonchev–Trinajstić information content (AvgIpc) is 2.82. The monoisotopic (exact) mass is 534 g/mol. The third-order valence-corrected chi connectivity index (χ3v) is 3.54. The van der Waals surface area contributed by atoms with E-state index in [1.807, 2.05) is 13.8 Å². The van der Waals surface area contributed by atoms with E-state index in [9.17, 15) is 28.8 Å². The number of esters is 2. The number of hydrogen-bond donors (Lipinski definition) is 4. The fourth-order valence-corrected chi connectivity index (χ4v) is 1.85. The number of carbonyl (C=O) groups excluding carboxylic acids is 6. The summed E-state index contributed by atoms with van der Waals surface area (Å²) in [6.45, 7) is 7.83. The van der Waals surface area contributed by atoms with Gasteiger partial charge in [0, 0.05) is 5.57 Å². The molecule has 0 aromatic rings. The van der Waals surface area contributed by atoms with Gasteiger partial charge in [0.05, 0.1) is 26.0 Å². The molecular formula is C21H34N4O12. The Balaban J connectivity index is 3.82. The van der Waals surface area contributed by atoms with Crippen molar-refractivity contribution in [1.29, 1.82) is 0 Å². The summed E-state index contributed by atoms with van der Waals surface area (Å²) < 4.78 is 28.9. The zero-order valence-corrected chi connectivity index (χ0v) is 21.2. The summed E-state index contributed by atoms with van der Waals surface area (Å²) in [5.41, 5.74) is 0.202. The van der Waals surface area contributed by atoms with Crippen molar-refractivity contribution in [2.45, 2.75) is 39.9 Å². The lowest BCUT2D eigenvalue weighted by Crippen LogP contribution is -2.40. The number of rotatable bonds is 16. The summed E-state index contributed by atoms with van der Waals surface area (Å²) >= 11 is 0. The van der Waals surface area contributed by atoms with Crippen LogP contribution in [0.5, 0.6) is 0 Å². The molecule has 0 saturated carbocycles. The topological polar surface area (TPSA) is 206 Å². The number of carbonyl (C=O) groups is 6. The molecule has 0 rings (SSSR count). The molecule has 210 valence electrons. The van der Waals surface area contributed by atoms with Gasteiger partial charge >= 0.3 is 30.2 Å². The van der Waals surface area contributed by atoms with Crippen molar-refractivity contribution in [3.05, 3.63) is 12.2 Å². The zero-order valence-electron chi connectivity index (χ0n) is 21.2. The second-order valence-electron chi connectivity index (χ2n) is 7.37. The second kappa shape index (κ2) is 19.1. The van der Waals surface area contributed by atoms with Gasteiger partial charge in [-0.2, -0.15) is 0 Å². The maximum absolute atomic E-state index is 11.6. The van der Waals surface area contributed by atoms with Crippen LogP contribution in [0.3, 0.4) is 0 Å². The zero-order chi connectivity index (χ0) is 28.2. The molecule has 16 heteroatoms. The third-order valence-electron chi connectivity index (χ3n) is 3.54. The van der Waals surface area contributed by atoms with Crippen LogP contribution in [0.1, 0.15) is 27.7 Å². The SMILES string of the molecule is C=C(C)C(=O)OCCOC(=O)NCNC(=O)COC(=O)COC(=O)NCNC(=O)OC(C)COC(C)C. The van der Waals surface area contributed by atoms with Gasteiger partial charge in [0.2, 0.25) is 0 Å². The number of ether oxygens (including phenoxy) is 6. The van der Waals surface area contributed by atoms with Gasteiger partial charge in [-0.05, 0) is 27.7 Å². The number of alkyl carbamates (subject to hydrolysis) is 3. The van der Waals surface area contributed by atoms with Crippen molar-refractivity contribution in [1.82, 2.24) is 21.3 Å². The minimum atomic E-state index is -1.03. The third kappa shape index (κ3) is 19.9. The van der Waals surface area contributed by atoms with E-state index in [1.165, 1.54) is 6.92 Å². The minimum absolute atomic E-state index is 0.0155. The molecule has 0 spiro atoms. The van der Waals surface area contributed by atoms with E-state index in [4.69, 9.17) is 18.9 Å². The number of amides is 4. The smallest absolute Gasteiger partial charge is 0.409 e. The van der Waals surface area contributed by atoms with E-state index in [0.717, 1.165) is 0 Å². The van der Waals surface area contributed by atoms with E-state index < -0.39 is 55.4 Å². The van der Waals surface area contributed by atoms with Gasteiger partial charge in [-0.15, -0.1) is 0 Å². The Hall–Kier alpha value is -4.08. The molecule has 0 aliphatic rings. The Morgan fingerprint density at radius 1 is 0.730 bits per heavy atom. The summed E-state index contributed by atoms with van der Waals surface area (Å²) in [4.78, 5) is 68.8. The highest BCUT2D eigenvalue weighted by Gasteiger charge is 2.13. The van der Waals surface area contributed by atoms with Crippen LogP contribution in [-0.2, 0) is 42.8 Å². The van der Waals surface area contributed by atoms with Crippen molar-refractivity contribution >= 4 is 36.1 Å². The van der Waals surface area contributed by atoms with Crippen LogP contribution in [0.15, 0.2) is 12.2 Å². The molecule has 16 nitrogen and oxygen atoms in total. The first-order valence-corrected chi connectivity index (χ1v) is 11.0. The molecule has 1 unspecified atom stereocenters. The van der Waals surface area contributed by atoms with Crippen molar-refractivity contribution in [2.24, 2.45) is 0 Å². The van der Waals surface area contributed by atoms with Crippen LogP contribution in [0.2, 0.25) is 0 Å². The van der Waals surface area contributed by atoms with Gasteiger partial charge in [0.1, 0.15) is 19.3 Å². The van der Waals surface area contributed by atoms with Gasteiger partial charge in [0.25, 0.3) is 5.91 Å². The Morgan fingerprint density at radius 3 is 1.92 bits per heavy atom. The fourth-order valence-electron chi connectivity index (χ4n) is 1.85.